The lowest BCUT2D eigenvalue weighted by Crippen LogP contribution is -2.26. The molecule has 10 heteroatoms. The Kier molecular flexibility index (Phi) is 8.97. The Hall–Kier alpha value is -4.62. The van der Waals surface area contributed by atoms with Gasteiger partial charge in [0.15, 0.2) is 11.5 Å². The standard InChI is InChI=1S/C29H25BrN4O5/c1-2-38-27-15-20(14-25(30)28(27)39-18-19-7-9-23(10-8-19)34(36)37)13-22(16-31)29(35)32-12-11-21-17-33-26-6-4-3-5-24(21)26/h3-10,13-15,17,33H,2,11-12,18H2,1H3,(H,32,35)/b22-13-. The van der Waals surface area contributed by atoms with Crippen molar-refractivity contribution in [2.45, 2.75) is 20.0 Å². The summed E-state index contributed by atoms with van der Waals surface area (Å²) in [5.41, 5.74) is 3.41. The number of rotatable bonds is 11. The zero-order valence-corrected chi connectivity index (χ0v) is 22.7. The molecule has 198 valence electrons. The van der Waals surface area contributed by atoms with Gasteiger partial charge in [-0.3, -0.25) is 14.9 Å². The molecule has 0 unspecified atom stereocenters. The SMILES string of the molecule is CCOc1cc(/C=C(/C#N)C(=O)NCCc2c[nH]c3ccccc23)cc(Br)c1OCc1ccc([N+](=O)[O-])cc1. The molecule has 0 aliphatic rings. The van der Waals surface area contributed by atoms with Crippen LogP contribution in [0.25, 0.3) is 17.0 Å². The summed E-state index contributed by atoms with van der Waals surface area (Å²) in [5, 5.41) is 24.4. The summed E-state index contributed by atoms with van der Waals surface area (Å²) in [6.07, 6.45) is 4.04. The topological polar surface area (TPSA) is 130 Å². The van der Waals surface area contributed by atoms with Crippen LogP contribution < -0.4 is 14.8 Å². The Balaban J connectivity index is 1.45. The molecule has 0 aliphatic carbocycles. The number of aromatic amines is 1. The highest BCUT2D eigenvalue weighted by Gasteiger charge is 2.15. The number of nitriles is 1. The third kappa shape index (κ3) is 6.83. The van der Waals surface area contributed by atoms with E-state index in [1.807, 2.05) is 43.5 Å². The van der Waals surface area contributed by atoms with Crippen LogP contribution in [0.5, 0.6) is 11.5 Å². The van der Waals surface area contributed by atoms with Gasteiger partial charge in [0.05, 0.1) is 16.0 Å². The molecule has 4 rings (SSSR count). The first-order chi connectivity index (χ1) is 18.9. The Morgan fingerprint density at radius 3 is 2.67 bits per heavy atom. The predicted molar refractivity (Wildman–Crippen MR) is 151 cm³/mol. The van der Waals surface area contributed by atoms with Gasteiger partial charge in [-0.2, -0.15) is 5.26 Å². The van der Waals surface area contributed by atoms with Crippen molar-refractivity contribution in [3.63, 3.8) is 0 Å². The number of hydrogen-bond acceptors (Lipinski definition) is 6. The lowest BCUT2D eigenvalue weighted by atomic mass is 10.1. The quantitative estimate of drug-likeness (QED) is 0.0944. The minimum Gasteiger partial charge on any atom is -0.490 e. The van der Waals surface area contributed by atoms with Crippen molar-refractivity contribution in [1.82, 2.24) is 10.3 Å². The maximum absolute atomic E-state index is 12.7. The average molecular weight is 589 g/mol. The Morgan fingerprint density at radius 2 is 1.95 bits per heavy atom. The van der Waals surface area contributed by atoms with Crippen molar-refractivity contribution < 1.29 is 19.2 Å². The molecule has 0 aliphatic heterocycles. The van der Waals surface area contributed by atoms with Gasteiger partial charge < -0.3 is 19.8 Å². The number of nitrogens with one attached hydrogen (secondary N) is 2. The monoisotopic (exact) mass is 588 g/mol. The molecule has 1 amide bonds. The number of carbonyl (C=O) groups is 1. The van der Waals surface area contributed by atoms with Gasteiger partial charge in [-0.25, -0.2) is 0 Å². The maximum atomic E-state index is 12.7. The van der Waals surface area contributed by atoms with Crippen LogP contribution in [-0.4, -0.2) is 29.0 Å². The fourth-order valence-corrected chi connectivity index (χ4v) is 4.58. The summed E-state index contributed by atoms with van der Waals surface area (Å²) in [6.45, 7) is 2.74. The molecule has 39 heavy (non-hydrogen) atoms. The number of H-pyrrole nitrogens is 1. The number of amides is 1. The Bertz CT molecular complexity index is 1570. The Labute approximate surface area is 233 Å². The summed E-state index contributed by atoms with van der Waals surface area (Å²) < 4.78 is 12.3. The molecule has 1 heterocycles. The second-order valence-electron chi connectivity index (χ2n) is 8.51. The predicted octanol–water partition coefficient (Wildman–Crippen LogP) is 6.08. The molecule has 0 fully saturated rings. The molecule has 4 aromatic rings. The highest BCUT2D eigenvalue weighted by molar-refractivity contribution is 9.10. The number of nitro benzene ring substituents is 1. The van der Waals surface area contributed by atoms with Crippen LogP contribution in [0.3, 0.4) is 0 Å². The molecule has 1 aromatic heterocycles. The van der Waals surface area contributed by atoms with E-state index in [9.17, 15) is 20.2 Å². The van der Waals surface area contributed by atoms with Crippen LogP contribution in [0.15, 0.2) is 76.9 Å². The summed E-state index contributed by atoms with van der Waals surface area (Å²) in [7, 11) is 0. The fraction of sp³-hybridized carbons (Fsp3) is 0.172. The van der Waals surface area contributed by atoms with Crippen molar-refractivity contribution in [2.75, 3.05) is 13.2 Å². The molecule has 0 saturated heterocycles. The summed E-state index contributed by atoms with van der Waals surface area (Å²) in [4.78, 5) is 26.4. The lowest BCUT2D eigenvalue weighted by molar-refractivity contribution is -0.384. The van der Waals surface area contributed by atoms with Crippen molar-refractivity contribution in [3.05, 3.63) is 104 Å². The maximum Gasteiger partial charge on any atom is 0.269 e. The molecule has 0 bridgehead atoms. The van der Waals surface area contributed by atoms with Crippen LogP contribution in [-0.2, 0) is 17.8 Å². The highest BCUT2D eigenvalue weighted by atomic mass is 79.9. The highest BCUT2D eigenvalue weighted by Crippen LogP contribution is 2.38. The van der Waals surface area contributed by atoms with Crippen molar-refractivity contribution >= 4 is 44.5 Å². The number of non-ortho nitro benzene ring substituents is 1. The largest absolute Gasteiger partial charge is 0.490 e. The first-order valence-corrected chi connectivity index (χ1v) is 13.0. The van der Waals surface area contributed by atoms with Crippen LogP contribution >= 0.6 is 15.9 Å². The van der Waals surface area contributed by atoms with Gasteiger partial charge in [0, 0.05) is 35.8 Å². The molecule has 0 saturated carbocycles. The van der Waals surface area contributed by atoms with Gasteiger partial charge in [0.1, 0.15) is 18.2 Å². The van der Waals surface area contributed by atoms with Gasteiger partial charge in [0.25, 0.3) is 11.6 Å². The van der Waals surface area contributed by atoms with Crippen molar-refractivity contribution in [1.29, 1.82) is 5.26 Å². The van der Waals surface area contributed by atoms with Gasteiger partial charge in [-0.15, -0.1) is 0 Å². The molecule has 0 atom stereocenters. The molecule has 0 spiro atoms. The number of benzene rings is 3. The van der Waals surface area contributed by atoms with E-state index in [0.717, 1.165) is 22.0 Å². The average Bonchev–Trinajstić information content (AvgIpc) is 3.34. The van der Waals surface area contributed by atoms with Crippen LogP contribution in [0.2, 0.25) is 0 Å². The van der Waals surface area contributed by atoms with E-state index in [-0.39, 0.29) is 17.9 Å². The summed E-state index contributed by atoms with van der Waals surface area (Å²) in [5.74, 6) is 0.399. The number of ether oxygens (including phenoxy) is 2. The van der Waals surface area contributed by atoms with E-state index in [1.54, 1.807) is 24.3 Å². The number of nitro groups is 1. The Morgan fingerprint density at radius 1 is 1.18 bits per heavy atom. The zero-order chi connectivity index (χ0) is 27.8. The number of nitrogens with zero attached hydrogens (tertiary/aromatic N) is 2. The molecule has 0 radical (unpaired) electrons. The van der Waals surface area contributed by atoms with E-state index >= 15 is 0 Å². The number of halogens is 1. The zero-order valence-electron chi connectivity index (χ0n) is 21.1. The van der Waals surface area contributed by atoms with E-state index in [1.165, 1.54) is 18.2 Å². The van der Waals surface area contributed by atoms with Gasteiger partial charge >= 0.3 is 0 Å². The number of carbonyl (C=O) groups excluding carboxylic acids is 1. The van der Waals surface area contributed by atoms with E-state index in [4.69, 9.17) is 9.47 Å². The van der Waals surface area contributed by atoms with Crippen molar-refractivity contribution in [3.8, 4) is 17.6 Å². The van der Waals surface area contributed by atoms with Crippen LogP contribution in [0.1, 0.15) is 23.6 Å². The minimum atomic E-state index is -0.468. The van der Waals surface area contributed by atoms with Gasteiger partial charge in [-0.05, 0) is 82.4 Å². The fourth-order valence-electron chi connectivity index (χ4n) is 4.00. The minimum absolute atomic E-state index is 0.00127. The lowest BCUT2D eigenvalue weighted by Gasteiger charge is -2.15. The van der Waals surface area contributed by atoms with Crippen LogP contribution in [0, 0.1) is 21.4 Å². The van der Waals surface area contributed by atoms with E-state index in [0.29, 0.717) is 41.1 Å². The van der Waals surface area contributed by atoms with Gasteiger partial charge in [0.2, 0.25) is 0 Å². The van der Waals surface area contributed by atoms with Gasteiger partial charge in [-0.1, -0.05) is 18.2 Å². The number of aromatic nitrogens is 1. The first kappa shape index (κ1) is 27.4. The van der Waals surface area contributed by atoms with Crippen LogP contribution in [0.4, 0.5) is 5.69 Å². The molecular formula is C29H25BrN4O5. The summed E-state index contributed by atoms with van der Waals surface area (Å²) >= 11 is 3.49. The first-order valence-electron chi connectivity index (χ1n) is 12.2. The molecule has 9 nitrogen and oxygen atoms in total. The molecule has 3 aromatic carbocycles. The van der Waals surface area contributed by atoms with E-state index in [2.05, 4.69) is 26.2 Å². The molecular weight excluding hydrogens is 564 g/mol. The third-order valence-electron chi connectivity index (χ3n) is 5.89. The number of para-hydroxylation sites is 1. The molecule has 2 N–H and O–H groups in total. The summed E-state index contributed by atoms with van der Waals surface area (Å²) in [6, 6.07) is 19.4. The van der Waals surface area contributed by atoms with E-state index < -0.39 is 10.8 Å². The normalized spacial score (nSPS) is 11.2. The number of fused-ring (bicyclic) bond motifs is 1. The van der Waals surface area contributed by atoms with Crippen molar-refractivity contribution in [2.24, 2.45) is 0 Å². The third-order valence-corrected chi connectivity index (χ3v) is 6.48. The second kappa shape index (κ2) is 12.8. The number of hydrogen-bond donors (Lipinski definition) is 2. The second-order valence-corrected chi connectivity index (χ2v) is 9.36. The smallest absolute Gasteiger partial charge is 0.269 e.